The van der Waals surface area contributed by atoms with E-state index in [-0.39, 0.29) is 0 Å². The molecule has 1 atom stereocenters. The molecule has 1 unspecified atom stereocenters. The van der Waals surface area contributed by atoms with E-state index in [1.54, 1.807) is 6.26 Å². The van der Waals surface area contributed by atoms with Gasteiger partial charge in [0.25, 0.3) is 0 Å². The highest BCUT2D eigenvalue weighted by Crippen LogP contribution is 2.33. The van der Waals surface area contributed by atoms with Crippen LogP contribution in [0.1, 0.15) is 31.4 Å². The van der Waals surface area contributed by atoms with Gasteiger partial charge in [0.2, 0.25) is 0 Å². The van der Waals surface area contributed by atoms with E-state index >= 15 is 0 Å². The highest BCUT2D eigenvalue weighted by molar-refractivity contribution is 5.38. The van der Waals surface area contributed by atoms with E-state index in [0.717, 1.165) is 36.3 Å². The zero-order valence-corrected chi connectivity index (χ0v) is 10.1. The number of para-hydroxylation sites is 1. The average molecular weight is 234 g/mol. The maximum absolute atomic E-state index is 10.3. The summed E-state index contributed by atoms with van der Waals surface area (Å²) in [6, 6.07) is 7.59. The minimum absolute atomic E-state index is 0.597. The maximum Gasteiger partial charge on any atom is 0.125 e. The zero-order valence-electron chi connectivity index (χ0n) is 10.1. The molecule has 0 bridgehead atoms. The Morgan fingerprint density at radius 3 is 2.94 bits per heavy atom. The molecule has 92 valence electrons. The third kappa shape index (κ3) is 2.80. The normalized spacial score (nSPS) is 16.9. The first kappa shape index (κ1) is 12.0. The predicted molar refractivity (Wildman–Crippen MR) is 65.8 cm³/mol. The molecular weight excluding hydrogens is 216 g/mol. The van der Waals surface area contributed by atoms with Gasteiger partial charge in [-0.2, -0.15) is 0 Å². The molecule has 3 nitrogen and oxygen atoms in total. The minimum atomic E-state index is -0.627. The summed E-state index contributed by atoms with van der Waals surface area (Å²) in [5.74, 6) is 0.744. The highest BCUT2D eigenvalue weighted by Gasteiger charge is 2.19. The van der Waals surface area contributed by atoms with E-state index in [2.05, 4.69) is 0 Å². The van der Waals surface area contributed by atoms with Crippen LogP contribution in [0.25, 0.3) is 0 Å². The van der Waals surface area contributed by atoms with Crippen LogP contribution in [0.4, 0.5) is 0 Å². The van der Waals surface area contributed by atoms with Crippen molar-refractivity contribution in [2.45, 2.75) is 25.9 Å². The summed E-state index contributed by atoms with van der Waals surface area (Å²) in [7, 11) is 0. The molecule has 3 heteroatoms. The number of ether oxygens (including phenoxy) is 2. The molecule has 1 aromatic carbocycles. The molecule has 1 aliphatic heterocycles. The minimum Gasteiger partial charge on any atom is -0.501 e. The van der Waals surface area contributed by atoms with Crippen molar-refractivity contribution in [2.24, 2.45) is 0 Å². The molecular formula is C14H18O3. The van der Waals surface area contributed by atoms with Crippen molar-refractivity contribution >= 4 is 0 Å². The predicted octanol–water partition coefficient (Wildman–Crippen LogP) is 2.81. The third-order valence-electron chi connectivity index (χ3n) is 2.83. The van der Waals surface area contributed by atoms with Crippen molar-refractivity contribution in [1.29, 1.82) is 0 Å². The molecule has 0 aromatic heterocycles. The average Bonchev–Trinajstić information content (AvgIpc) is 2.40. The van der Waals surface area contributed by atoms with Gasteiger partial charge < -0.3 is 14.6 Å². The van der Waals surface area contributed by atoms with Gasteiger partial charge in [0.15, 0.2) is 0 Å². The van der Waals surface area contributed by atoms with Crippen molar-refractivity contribution < 1.29 is 14.6 Å². The Kier molecular flexibility index (Phi) is 4.04. The zero-order chi connectivity index (χ0) is 12.1. The summed E-state index contributed by atoms with van der Waals surface area (Å²) in [5, 5.41) is 10.3. The van der Waals surface area contributed by atoms with E-state index in [1.165, 1.54) is 0 Å². The van der Waals surface area contributed by atoms with Gasteiger partial charge >= 0.3 is 0 Å². The van der Waals surface area contributed by atoms with Gasteiger partial charge in [-0.1, -0.05) is 18.2 Å². The summed E-state index contributed by atoms with van der Waals surface area (Å²) in [6.45, 7) is 3.27. The Morgan fingerprint density at radius 1 is 1.41 bits per heavy atom. The van der Waals surface area contributed by atoms with Gasteiger partial charge in [-0.15, -0.1) is 0 Å². The van der Waals surface area contributed by atoms with Crippen LogP contribution in [0.3, 0.4) is 0 Å². The van der Waals surface area contributed by atoms with E-state index < -0.39 is 6.10 Å². The first-order chi connectivity index (χ1) is 8.33. The molecule has 17 heavy (non-hydrogen) atoms. The lowest BCUT2D eigenvalue weighted by Crippen LogP contribution is -2.09. The van der Waals surface area contributed by atoms with Crippen LogP contribution in [0, 0.1) is 0 Å². The Morgan fingerprint density at radius 2 is 2.24 bits per heavy atom. The van der Waals surface area contributed by atoms with Crippen molar-refractivity contribution in [3.63, 3.8) is 0 Å². The summed E-state index contributed by atoms with van der Waals surface area (Å²) in [5.41, 5.74) is 1.73. The van der Waals surface area contributed by atoms with Crippen LogP contribution in [-0.4, -0.2) is 18.3 Å². The van der Waals surface area contributed by atoms with Crippen molar-refractivity contribution in [3.05, 3.63) is 41.7 Å². The summed E-state index contributed by atoms with van der Waals surface area (Å²) < 4.78 is 10.8. The van der Waals surface area contributed by atoms with Gasteiger partial charge in [0, 0.05) is 5.56 Å². The molecule has 1 aromatic rings. The fourth-order valence-corrected chi connectivity index (χ4v) is 1.98. The highest BCUT2D eigenvalue weighted by atomic mass is 16.5. The number of hydrogen-bond acceptors (Lipinski definition) is 3. The molecule has 0 radical (unpaired) electrons. The summed E-state index contributed by atoms with van der Waals surface area (Å²) >= 11 is 0. The summed E-state index contributed by atoms with van der Waals surface area (Å²) in [6.07, 6.45) is 2.89. The third-order valence-corrected chi connectivity index (χ3v) is 2.83. The second-order valence-corrected chi connectivity index (χ2v) is 4.04. The van der Waals surface area contributed by atoms with Crippen molar-refractivity contribution in [3.8, 4) is 5.75 Å². The second kappa shape index (κ2) is 5.73. The molecule has 0 amide bonds. The number of benzene rings is 1. The molecule has 1 N–H and O–H groups in total. The summed E-state index contributed by atoms with van der Waals surface area (Å²) in [4.78, 5) is 0. The van der Waals surface area contributed by atoms with Gasteiger partial charge in [-0.25, -0.2) is 0 Å². The fourth-order valence-electron chi connectivity index (χ4n) is 1.98. The molecule has 1 aliphatic rings. The SMILES string of the molecule is CCOc1ccccc1C(O)C1=COCCC1. The number of aliphatic hydroxyl groups excluding tert-OH is 1. The molecule has 2 rings (SSSR count). The first-order valence-electron chi connectivity index (χ1n) is 6.03. The lowest BCUT2D eigenvalue weighted by molar-refractivity contribution is 0.167. The van der Waals surface area contributed by atoms with Crippen LogP contribution in [0.5, 0.6) is 5.75 Å². The van der Waals surface area contributed by atoms with E-state index in [9.17, 15) is 5.11 Å². The Bertz CT molecular complexity index is 398. The van der Waals surface area contributed by atoms with Crippen LogP contribution in [0.2, 0.25) is 0 Å². The first-order valence-corrected chi connectivity index (χ1v) is 6.03. The maximum atomic E-state index is 10.3. The van der Waals surface area contributed by atoms with Crippen LogP contribution < -0.4 is 4.74 Å². The molecule has 0 fully saturated rings. The van der Waals surface area contributed by atoms with E-state index in [1.807, 2.05) is 31.2 Å². The standard InChI is InChI=1S/C14H18O3/c1-2-17-13-8-4-3-7-12(13)14(15)11-6-5-9-16-10-11/h3-4,7-8,10,14-15H,2,5-6,9H2,1H3. The molecule has 0 saturated carbocycles. The second-order valence-electron chi connectivity index (χ2n) is 4.04. The van der Waals surface area contributed by atoms with Crippen molar-refractivity contribution in [2.75, 3.05) is 13.2 Å². The smallest absolute Gasteiger partial charge is 0.125 e. The molecule has 0 aliphatic carbocycles. The fraction of sp³-hybridized carbons (Fsp3) is 0.429. The number of hydrogen-bond donors (Lipinski definition) is 1. The monoisotopic (exact) mass is 234 g/mol. The quantitative estimate of drug-likeness (QED) is 0.870. The number of rotatable bonds is 4. The topological polar surface area (TPSA) is 38.7 Å². The van der Waals surface area contributed by atoms with Gasteiger partial charge in [0.05, 0.1) is 19.5 Å². The van der Waals surface area contributed by atoms with Gasteiger partial charge in [-0.05, 0) is 31.4 Å². The Balaban J connectivity index is 2.23. The Hall–Kier alpha value is -1.48. The van der Waals surface area contributed by atoms with Crippen molar-refractivity contribution in [1.82, 2.24) is 0 Å². The Labute approximate surface area is 102 Å². The van der Waals surface area contributed by atoms with Gasteiger partial charge in [-0.3, -0.25) is 0 Å². The van der Waals surface area contributed by atoms with E-state index in [0.29, 0.717) is 6.61 Å². The lowest BCUT2D eigenvalue weighted by atomic mass is 9.97. The van der Waals surface area contributed by atoms with Crippen LogP contribution in [-0.2, 0) is 4.74 Å². The lowest BCUT2D eigenvalue weighted by Gasteiger charge is -2.21. The molecule has 0 saturated heterocycles. The van der Waals surface area contributed by atoms with E-state index in [4.69, 9.17) is 9.47 Å². The molecule has 0 spiro atoms. The number of aliphatic hydroxyl groups is 1. The molecule has 1 heterocycles. The van der Waals surface area contributed by atoms with Gasteiger partial charge in [0.1, 0.15) is 11.9 Å². The largest absolute Gasteiger partial charge is 0.501 e. The van der Waals surface area contributed by atoms with Crippen LogP contribution >= 0.6 is 0 Å². The van der Waals surface area contributed by atoms with Crippen LogP contribution in [0.15, 0.2) is 36.1 Å².